The van der Waals surface area contributed by atoms with Gasteiger partial charge >= 0.3 is 11.9 Å². The zero-order valence-corrected chi connectivity index (χ0v) is 24.9. The molecule has 1 amide bonds. The summed E-state index contributed by atoms with van der Waals surface area (Å²) in [4.78, 5) is 35.6. The molecule has 0 aliphatic carbocycles. The molecule has 41 heavy (non-hydrogen) atoms. The molecule has 0 aromatic heterocycles. The van der Waals surface area contributed by atoms with E-state index in [-0.39, 0.29) is 6.61 Å². The zero-order valence-electron chi connectivity index (χ0n) is 23.4. The lowest BCUT2D eigenvalue weighted by atomic mass is 10.1. The molecule has 0 aliphatic rings. The van der Waals surface area contributed by atoms with Gasteiger partial charge in [0, 0.05) is 35.4 Å². The molecular weight excluding hydrogens is 571 g/mol. The lowest BCUT2D eigenvalue weighted by molar-refractivity contribution is -0.172. The number of aliphatic carboxylic acids is 2. The average Bonchev–Trinajstić information content (AvgIpc) is 2.93. The Balaban J connectivity index is 1.74. The molecule has 9 nitrogen and oxygen atoms in total. The number of halogens is 2. The molecule has 2 unspecified atom stereocenters. The van der Waals surface area contributed by atoms with Crippen LogP contribution < -0.4 is 10.6 Å². The smallest absolute Gasteiger partial charge is 0.336 e. The van der Waals surface area contributed by atoms with Gasteiger partial charge in [-0.1, -0.05) is 60.7 Å². The summed E-state index contributed by atoms with van der Waals surface area (Å²) < 4.78 is 10.6. The largest absolute Gasteiger partial charge is 0.480 e. The molecule has 0 saturated heterocycles. The van der Waals surface area contributed by atoms with E-state index < -0.39 is 36.7 Å². The lowest BCUT2D eigenvalue weighted by Gasteiger charge is -2.23. The van der Waals surface area contributed by atoms with Gasteiger partial charge in [-0.2, -0.15) is 0 Å². The van der Waals surface area contributed by atoms with E-state index >= 15 is 0 Å². The van der Waals surface area contributed by atoms with Gasteiger partial charge in [0.25, 0.3) is 5.91 Å². The summed E-state index contributed by atoms with van der Waals surface area (Å²) in [7, 11) is 0. The number of unbranched alkanes of at least 4 members (excludes halogenated alkanes) is 5. The van der Waals surface area contributed by atoms with Gasteiger partial charge in [-0.25, -0.2) is 9.59 Å². The summed E-state index contributed by atoms with van der Waals surface area (Å²) in [5, 5.41) is 25.9. The van der Waals surface area contributed by atoms with E-state index in [1.54, 1.807) is 0 Å². The second-order valence-electron chi connectivity index (χ2n) is 9.79. The van der Waals surface area contributed by atoms with Crippen molar-refractivity contribution >= 4 is 46.7 Å². The Kier molecular flexibility index (Phi) is 16.2. The van der Waals surface area contributed by atoms with Gasteiger partial charge in [0.15, 0.2) is 12.2 Å². The number of nitrogens with one attached hydrogen (secondary N) is 2. The Bertz CT molecular complexity index is 1100. The molecule has 2 aromatic carbocycles. The van der Waals surface area contributed by atoms with Gasteiger partial charge in [0.2, 0.25) is 0 Å². The fraction of sp³-hybridized carbons (Fsp3) is 0.500. The third-order valence-corrected chi connectivity index (χ3v) is 7.05. The van der Waals surface area contributed by atoms with E-state index in [0.717, 1.165) is 54.8 Å². The molecule has 2 rings (SSSR count). The van der Waals surface area contributed by atoms with Crippen molar-refractivity contribution in [3.8, 4) is 0 Å². The molecule has 0 bridgehead atoms. The monoisotopic (exact) mass is 610 g/mol. The highest BCUT2D eigenvalue weighted by Gasteiger charge is 2.36. The topological polar surface area (TPSA) is 134 Å². The van der Waals surface area contributed by atoms with Gasteiger partial charge in [0.05, 0.1) is 0 Å². The number of anilines is 1. The maximum atomic E-state index is 12.9. The first kappa shape index (κ1) is 34.4. The predicted octanol–water partition coefficient (Wildman–Crippen LogP) is 5.74. The van der Waals surface area contributed by atoms with E-state index in [0.29, 0.717) is 31.0 Å². The first-order valence-corrected chi connectivity index (χ1v) is 14.6. The Morgan fingerprint density at radius 3 is 2.20 bits per heavy atom. The second-order valence-corrected chi connectivity index (χ2v) is 10.6. The normalized spacial score (nSPS) is 12.5. The minimum atomic E-state index is -1.74. The number of hydrogen-bond donors (Lipinski definition) is 4. The van der Waals surface area contributed by atoms with Crippen molar-refractivity contribution in [1.29, 1.82) is 0 Å². The van der Waals surface area contributed by atoms with E-state index in [4.69, 9.17) is 37.8 Å². The first-order chi connectivity index (χ1) is 19.7. The SMILES string of the molecule is Cc1ccc(NCCCCOC(C(=O)NCCCCCCCc2ccc(Cl)cc2)C(OCC(=O)O)C(=O)O)cc1Cl. The van der Waals surface area contributed by atoms with E-state index in [9.17, 15) is 19.5 Å². The van der Waals surface area contributed by atoms with Gasteiger partial charge in [-0.3, -0.25) is 4.79 Å². The molecule has 0 saturated carbocycles. The van der Waals surface area contributed by atoms with Crippen LogP contribution in [0.3, 0.4) is 0 Å². The van der Waals surface area contributed by atoms with Crippen molar-refractivity contribution in [2.24, 2.45) is 0 Å². The molecule has 2 atom stereocenters. The van der Waals surface area contributed by atoms with Crippen LogP contribution in [0.15, 0.2) is 42.5 Å². The summed E-state index contributed by atoms with van der Waals surface area (Å²) in [5.74, 6) is -3.45. The molecule has 2 aromatic rings. The van der Waals surface area contributed by atoms with E-state index in [1.165, 1.54) is 5.56 Å². The number of amides is 1. The molecule has 4 N–H and O–H groups in total. The summed E-state index contributed by atoms with van der Waals surface area (Å²) in [6, 6.07) is 13.5. The molecule has 11 heteroatoms. The Morgan fingerprint density at radius 2 is 1.51 bits per heavy atom. The zero-order chi connectivity index (χ0) is 30.0. The van der Waals surface area contributed by atoms with Gasteiger partial charge in [-0.05, 0) is 74.4 Å². The average molecular weight is 612 g/mol. The second kappa shape index (κ2) is 19.3. The van der Waals surface area contributed by atoms with E-state index in [2.05, 4.69) is 10.6 Å². The molecule has 226 valence electrons. The van der Waals surface area contributed by atoms with Crippen molar-refractivity contribution in [3.63, 3.8) is 0 Å². The highest BCUT2D eigenvalue weighted by molar-refractivity contribution is 6.31. The number of benzene rings is 2. The van der Waals surface area contributed by atoms with Crippen LogP contribution in [0.1, 0.15) is 56.1 Å². The molecular formula is C30H40Cl2N2O7. The minimum Gasteiger partial charge on any atom is -0.480 e. The van der Waals surface area contributed by atoms with Crippen LogP contribution in [0.5, 0.6) is 0 Å². The van der Waals surface area contributed by atoms with Gasteiger partial charge in [0.1, 0.15) is 6.61 Å². The van der Waals surface area contributed by atoms with Gasteiger partial charge in [-0.15, -0.1) is 0 Å². The summed E-state index contributed by atoms with van der Waals surface area (Å²) in [5.41, 5.74) is 3.12. The molecule has 0 heterocycles. The predicted molar refractivity (Wildman–Crippen MR) is 160 cm³/mol. The molecule has 0 spiro atoms. The number of rotatable bonds is 21. The van der Waals surface area contributed by atoms with Crippen molar-refractivity contribution in [1.82, 2.24) is 5.32 Å². The van der Waals surface area contributed by atoms with Crippen LogP contribution in [0.2, 0.25) is 10.0 Å². The van der Waals surface area contributed by atoms with Crippen LogP contribution in [0, 0.1) is 6.92 Å². The van der Waals surface area contributed by atoms with Crippen LogP contribution >= 0.6 is 23.2 Å². The molecule has 0 aliphatic heterocycles. The first-order valence-electron chi connectivity index (χ1n) is 13.9. The Labute approximate surface area is 251 Å². The van der Waals surface area contributed by atoms with Crippen LogP contribution in [-0.4, -0.2) is 66.6 Å². The maximum absolute atomic E-state index is 12.9. The van der Waals surface area contributed by atoms with Crippen molar-refractivity contribution in [2.75, 3.05) is 31.6 Å². The number of hydrogen-bond acceptors (Lipinski definition) is 6. The minimum absolute atomic E-state index is 0.0995. The summed E-state index contributed by atoms with van der Waals surface area (Å²) >= 11 is 12.1. The summed E-state index contributed by atoms with van der Waals surface area (Å²) in [6.45, 7) is 2.14. The number of carbonyl (C=O) groups is 3. The van der Waals surface area contributed by atoms with Crippen molar-refractivity contribution < 1.29 is 34.1 Å². The van der Waals surface area contributed by atoms with Crippen LogP contribution in [-0.2, 0) is 30.3 Å². The summed E-state index contributed by atoms with van der Waals surface area (Å²) in [6.07, 6.45) is 3.73. The number of aryl methyl sites for hydroxylation is 2. The quantitative estimate of drug-likeness (QED) is 0.131. The third-order valence-electron chi connectivity index (χ3n) is 6.39. The molecule has 0 radical (unpaired) electrons. The maximum Gasteiger partial charge on any atom is 0.336 e. The number of carboxylic acids is 2. The third kappa shape index (κ3) is 14.1. The van der Waals surface area contributed by atoms with Crippen molar-refractivity contribution in [3.05, 3.63) is 63.6 Å². The lowest BCUT2D eigenvalue weighted by Crippen LogP contribution is -2.49. The van der Waals surface area contributed by atoms with Crippen molar-refractivity contribution in [2.45, 2.75) is 70.5 Å². The number of carbonyl (C=O) groups excluding carboxylic acids is 1. The van der Waals surface area contributed by atoms with Gasteiger partial charge < -0.3 is 30.3 Å². The Morgan fingerprint density at radius 1 is 0.829 bits per heavy atom. The highest BCUT2D eigenvalue weighted by Crippen LogP contribution is 2.20. The number of carboxylic acid groups (broad SMARTS) is 2. The molecule has 0 fully saturated rings. The van der Waals surface area contributed by atoms with Crippen LogP contribution in [0.25, 0.3) is 0 Å². The fourth-order valence-electron chi connectivity index (χ4n) is 4.07. The van der Waals surface area contributed by atoms with Crippen LogP contribution in [0.4, 0.5) is 5.69 Å². The highest BCUT2D eigenvalue weighted by atomic mass is 35.5. The fourth-order valence-corrected chi connectivity index (χ4v) is 4.38. The van der Waals surface area contributed by atoms with E-state index in [1.807, 2.05) is 49.4 Å². The number of ether oxygens (including phenoxy) is 2. The standard InChI is InChI=1S/C30H40Cl2N2O7/c1-21-10-15-24(19-25(21)32)33-16-7-8-18-40-27(28(30(38)39)41-20-26(35)36)29(37)34-17-6-4-2-3-5-9-22-11-13-23(31)14-12-22/h10-15,19,27-28,33H,2-9,16-18,20H2,1H3,(H,34,37)(H,35,36)(H,38,39). The Hall–Kier alpha value is -2.85.